The molecule has 0 spiro atoms. The van der Waals surface area contributed by atoms with Crippen molar-refractivity contribution in [3.8, 4) is 0 Å². The van der Waals surface area contributed by atoms with E-state index in [2.05, 4.69) is 10.3 Å². The number of amidine groups is 2. The Hall–Kier alpha value is -2.76. The highest BCUT2D eigenvalue weighted by molar-refractivity contribution is 6.12. The smallest absolute Gasteiger partial charge is 0.170 e. The molecule has 2 aromatic rings. The van der Waals surface area contributed by atoms with Gasteiger partial charge in [-0.05, 0) is 22.9 Å². The summed E-state index contributed by atoms with van der Waals surface area (Å²) in [4.78, 5) is 0. The fourth-order valence-electron chi connectivity index (χ4n) is 1.77. The Morgan fingerprint density at radius 2 is 1.22 bits per heavy atom. The van der Waals surface area contributed by atoms with Crippen molar-refractivity contribution in [3.05, 3.63) is 47.5 Å². The van der Waals surface area contributed by atoms with E-state index in [1.165, 1.54) is 0 Å². The topological polar surface area (TPSA) is 117 Å². The average molecular weight is 244 g/mol. The Labute approximate surface area is 103 Å². The zero-order valence-corrected chi connectivity index (χ0v) is 9.41. The maximum absolute atomic E-state index is 8.76. The fourth-order valence-corrected chi connectivity index (χ4v) is 1.77. The van der Waals surface area contributed by atoms with Crippen molar-refractivity contribution in [1.82, 2.24) is 0 Å². The number of fused-ring (bicyclic) bond motifs is 1. The number of oxime groups is 2. The second-order valence-corrected chi connectivity index (χ2v) is 3.72. The second kappa shape index (κ2) is 4.62. The molecule has 0 fully saturated rings. The lowest BCUT2D eigenvalue weighted by molar-refractivity contribution is 0.317. The number of hydrogen-bond acceptors (Lipinski definition) is 4. The summed E-state index contributed by atoms with van der Waals surface area (Å²) in [6.45, 7) is 0. The average Bonchev–Trinajstić information content (AvgIpc) is 2.44. The van der Waals surface area contributed by atoms with E-state index in [-0.39, 0.29) is 11.7 Å². The van der Waals surface area contributed by atoms with E-state index in [4.69, 9.17) is 21.9 Å². The van der Waals surface area contributed by atoms with Crippen LogP contribution in [0.1, 0.15) is 11.1 Å². The molecule has 0 atom stereocenters. The van der Waals surface area contributed by atoms with Gasteiger partial charge in [-0.2, -0.15) is 0 Å². The van der Waals surface area contributed by atoms with Gasteiger partial charge in [-0.1, -0.05) is 34.6 Å². The van der Waals surface area contributed by atoms with Crippen LogP contribution in [0.15, 0.2) is 46.7 Å². The van der Waals surface area contributed by atoms with E-state index in [1.54, 1.807) is 12.1 Å². The SMILES string of the molecule is NC(=NO)c1cc2ccccc2cc1C(N)=NO. The molecule has 0 bridgehead atoms. The third-order valence-electron chi connectivity index (χ3n) is 2.65. The molecule has 18 heavy (non-hydrogen) atoms. The molecule has 0 aliphatic heterocycles. The van der Waals surface area contributed by atoms with E-state index < -0.39 is 0 Å². The highest BCUT2D eigenvalue weighted by Crippen LogP contribution is 2.20. The summed E-state index contributed by atoms with van der Waals surface area (Å²) in [7, 11) is 0. The standard InChI is InChI=1S/C12H12N4O2/c13-11(15-17)9-5-7-3-1-2-4-8(7)6-10(9)12(14)16-18/h1-6,17-18H,(H2,13,15)(H2,14,16). The van der Waals surface area contributed by atoms with Gasteiger partial charge in [0.1, 0.15) is 0 Å². The van der Waals surface area contributed by atoms with Gasteiger partial charge in [0.15, 0.2) is 11.7 Å². The van der Waals surface area contributed by atoms with Gasteiger partial charge in [0, 0.05) is 11.1 Å². The Kier molecular flexibility index (Phi) is 3.01. The van der Waals surface area contributed by atoms with Crippen molar-refractivity contribution in [1.29, 1.82) is 0 Å². The summed E-state index contributed by atoms with van der Waals surface area (Å²) in [5, 5.41) is 25.2. The van der Waals surface area contributed by atoms with E-state index in [0.717, 1.165) is 10.8 Å². The van der Waals surface area contributed by atoms with Gasteiger partial charge >= 0.3 is 0 Å². The van der Waals surface area contributed by atoms with E-state index in [1.807, 2.05) is 24.3 Å². The number of nitrogens with zero attached hydrogens (tertiary/aromatic N) is 2. The third-order valence-corrected chi connectivity index (χ3v) is 2.65. The predicted molar refractivity (Wildman–Crippen MR) is 69.0 cm³/mol. The molecular weight excluding hydrogens is 232 g/mol. The number of rotatable bonds is 2. The van der Waals surface area contributed by atoms with Gasteiger partial charge < -0.3 is 21.9 Å². The minimum absolute atomic E-state index is 0.0950. The predicted octanol–water partition coefficient (Wildman–Crippen LogP) is 1.03. The molecule has 6 nitrogen and oxygen atoms in total. The van der Waals surface area contributed by atoms with Crippen LogP contribution in [-0.4, -0.2) is 22.1 Å². The Bertz CT molecular complexity index is 593. The molecule has 0 saturated heterocycles. The van der Waals surface area contributed by atoms with Crippen LogP contribution in [0.2, 0.25) is 0 Å². The molecule has 6 N–H and O–H groups in total. The van der Waals surface area contributed by atoms with E-state index in [0.29, 0.717) is 11.1 Å². The Balaban J connectivity index is 2.80. The van der Waals surface area contributed by atoms with Gasteiger partial charge in [-0.15, -0.1) is 0 Å². The van der Waals surface area contributed by atoms with Crippen molar-refractivity contribution in [2.24, 2.45) is 21.8 Å². The quantitative estimate of drug-likeness (QED) is 0.273. The summed E-state index contributed by atoms with van der Waals surface area (Å²) >= 11 is 0. The molecule has 92 valence electrons. The Morgan fingerprint density at radius 1 is 0.833 bits per heavy atom. The van der Waals surface area contributed by atoms with E-state index in [9.17, 15) is 0 Å². The number of hydrogen-bond donors (Lipinski definition) is 4. The van der Waals surface area contributed by atoms with Crippen molar-refractivity contribution in [3.63, 3.8) is 0 Å². The van der Waals surface area contributed by atoms with Gasteiger partial charge in [-0.25, -0.2) is 0 Å². The molecule has 0 radical (unpaired) electrons. The third kappa shape index (κ3) is 1.91. The van der Waals surface area contributed by atoms with Crippen LogP contribution in [0.3, 0.4) is 0 Å². The van der Waals surface area contributed by atoms with Crippen molar-refractivity contribution < 1.29 is 10.4 Å². The number of benzene rings is 2. The van der Waals surface area contributed by atoms with Gasteiger partial charge in [0.05, 0.1) is 0 Å². The molecule has 6 heteroatoms. The van der Waals surface area contributed by atoms with Crippen molar-refractivity contribution in [2.75, 3.05) is 0 Å². The molecule has 0 aliphatic carbocycles. The van der Waals surface area contributed by atoms with Crippen molar-refractivity contribution in [2.45, 2.75) is 0 Å². The maximum Gasteiger partial charge on any atom is 0.170 e. The van der Waals surface area contributed by atoms with Crippen LogP contribution >= 0.6 is 0 Å². The first kappa shape index (κ1) is 11.7. The summed E-state index contributed by atoms with van der Waals surface area (Å²) in [5.41, 5.74) is 12.0. The molecule has 0 unspecified atom stereocenters. The largest absolute Gasteiger partial charge is 0.409 e. The normalized spacial score (nSPS) is 12.9. The lowest BCUT2D eigenvalue weighted by Gasteiger charge is -2.09. The molecule has 0 aliphatic rings. The summed E-state index contributed by atoms with van der Waals surface area (Å²) in [5.74, 6) is -0.190. The maximum atomic E-state index is 8.76. The minimum atomic E-state index is -0.0950. The highest BCUT2D eigenvalue weighted by atomic mass is 16.4. The monoisotopic (exact) mass is 244 g/mol. The number of nitrogens with two attached hydrogens (primary N) is 2. The lowest BCUT2D eigenvalue weighted by Crippen LogP contribution is -2.22. The minimum Gasteiger partial charge on any atom is -0.409 e. The first-order chi connectivity index (χ1) is 8.67. The Morgan fingerprint density at radius 3 is 1.56 bits per heavy atom. The van der Waals surface area contributed by atoms with Crippen molar-refractivity contribution >= 4 is 22.4 Å². The van der Waals surface area contributed by atoms with Crippen LogP contribution in [0.25, 0.3) is 10.8 Å². The van der Waals surface area contributed by atoms with Crippen LogP contribution in [-0.2, 0) is 0 Å². The molecule has 0 saturated carbocycles. The summed E-state index contributed by atoms with van der Waals surface area (Å²) in [6.07, 6.45) is 0. The summed E-state index contributed by atoms with van der Waals surface area (Å²) in [6, 6.07) is 11.0. The molecule has 0 aromatic heterocycles. The second-order valence-electron chi connectivity index (χ2n) is 3.72. The summed E-state index contributed by atoms with van der Waals surface area (Å²) < 4.78 is 0. The molecule has 0 amide bonds. The highest BCUT2D eigenvalue weighted by Gasteiger charge is 2.12. The molecule has 2 rings (SSSR count). The molecule has 2 aromatic carbocycles. The first-order valence-electron chi connectivity index (χ1n) is 5.16. The van der Waals surface area contributed by atoms with Crippen LogP contribution in [0.5, 0.6) is 0 Å². The zero-order valence-electron chi connectivity index (χ0n) is 9.41. The van der Waals surface area contributed by atoms with Crippen LogP contribution in [0, 0.1) is 0 Å². The van der Waals surface area contributed by atoms with Crippen LogP contribution < -0.4 is 11.5 Å². The zero-order chi connectivity index (χ0) is 13.1. The van der Waals surface area contributed by atoms with Gasteiger partial charge in [-0.3, -0.25) is 0 Å². The van der Waals surface area contributed by atoms with Crippen LogP contribution in [0.4, 0.5) is 0 Å². The first-order valence-corrected chi connectivity index (χ1v) is 5.16. The fraction of sp³-hybridized carbons (Fsp3) is 0. The molecular formula is C12H12N4O2. The molecule has 0 heterocycles. The van der Waals surface area contributed by atoms with Gasteiger partial charge in [0.25, 0.3) is 0 Å². The van der Waals surface area contributed by atoms with E-state index >= 15 is 0 Å². The lowest BCUT2D eigenvalue weighted by atomic mass is 9.99. The van der Waals surface area contributed by atoms with Gasteiger partial charge in [0.2, 0.25) is 0 Å².